The third kappa shape index (κ3) is 4.90. The predicted octanol–water partition coefficient (Wildman–Crippen LogP) is 1.30. The van der Waals surface area contributed by atoms with Crippen LogP contribution in [0.5, 0.6) is 5.75 Å². The number of nitrogens with one attached hydrogen (secondary N) is 1. The molecule has 0 radical (unpaired) electrons. The predicted molar refractivity (Wildman–Crippen MR) is 76.6 cm³/mol. The minimum atomic E-state index is -1.46. The lowest BCUT2D eigenvalue weighted by Crippen LogP contribution is -2.29. The molecule has 1 unspecified atom stereocenters. The molecule has 0 aliphatic rings. The summed E-state index contributed by atoms with van der Waals surface area (Å²) in [5.41, 5.74) is 6.19. The maximum Gasteiger partial charge on any atom is 0.233 e. The summed E-state index contributed by atoms with van der Waals surface area (Å²) in [6.45, 7) is 4.93. The second kappa shape index (κ2) is 7.78. The van der Waals surface area contributed by atoms with Crippen molar-refractivity contribution in [2.75, 3.05) is 24.6 Å². The van der Waals surface area contributed by atoms with Crippen LogP contribution in [-0.2, 0) is 15.6 Å². The molecular weight excluding hydrogens is 264 g/mol. The van der Waals surface area contributed by atoms with Crippen LogP contribution in [0, 0.1) is 0 Å². The minimum absolute atomic E-state index is 0.0836. The van der Waals surface area contributed by atoms with Gasteiger partial charge in [-0.05, 0) is 31.5 Å². The van der Waals surface area contributed by atoms with E-state index in [0.29, 0.717) is 29.5 Å². The van der Waals surface area contributed by atoms with Gasteiger partial charge in [-0.2, -0.15) is 0 Å². The minimum Gasteiger partial charge on any atom is -0.494 e. The highest BCUT2D eigenvalue weighted by molar-refractivity contribution is 7.86. The Morgan fingerprint density at radius 1 is 1.42 bits per heavy atom. The number of nitrogens with two attached hydrogens (primary N) is 1. The first-order chi connectivity index (χ1) is 9.08. The van der Waals surface area contributed by atoms with E-state index < -0.39 is 10.8 Å². The van der Waals surface area contributed by atoms with Crippen LogP contribution in [-0.4, -0.2) is 29.0 Å². The van der Waals surface area contributed by atoms with Crippen LogP contribution in [0.1, 0.15) is 20.3 Å². The van der Waals surface area contributed by atoms with Crippen molar-refractivity contribution >= 4 is 22.4 Å². The molecule has 1 atom stereocenters. The molecule has 0 bridgehead atoms. The Morgan fingerprint density at radius 2 is 2.16 bits per heavy atom. The lowest BCUT2D eigenvalue weighted by Gasteiger charge is -2.09. The molecule has 1 aromatic carbocycles. The standard InChI is InChI=1S/C13H20N2O3S/c1-3-7-15-13(16)9-19(17)12-8-10(18-4-2)5-6-11(12)14/h5-6,8H,3-4,7,9,14H2,1-2H3,(H,15,16). The molecule has 0 heterocycles. The second-order valence-corrected chi connectivity index (χ2v) is 5.39. The van der Waals surface area contributed by atoms with Gasteiger partial charge in [-0.25, -0.2) is 0 Å². The highest BCUT2D eigenvalue weighted by Gasteiger charge is 2.13. The van der Waals surface area contributed by atoms with Crippen LogP contribution < -0.4 is 15.8 Å². The summed E-state index contributed by atoms with van der Waals surface area (Å²) in [5, 5.41) is 2.69. The van der Waals surface area contributed by atoms with Gasteiger partial charge in [0.2, 0.25) is 5.91 Å². The molecule has 0 aliphatic carbocycles. The first-order valence-corrected chi connectivity index (χ1v) is 7.57. The van der Waals surface area contributed by atoms with E-state index in [4.69, 9.17) is 10.5 Å². The molecule has 5 nitrogen and oxygen atoms in total. The van der Waals surface area contributed by atoms with Crippen molar-refractivity contribution in [1.82, 2.24) is 5.32 Å². The smallest absolute Gasteiger partial charge is 0.233 e. The monoisotopic (exact) mass is 284 g/mol. The van der Waals surface area contributed by atoms with Crippen molar-refractivity contribution in [3.63, 3.8) is 0 Å². The van der Waals surface area contributed by atoms with Gasteiger partial charge in [0.15, 0.2) is 0 Å². The highest BCUT2D eigenvalue weighted by atomic mass is 32.2. The van der Waals surface area contributed by atoms with E-state index in [1.165, 1.54) is 0 Å². The Bertz CT molecular complexity index is 463. The Hall–Kier alpha value is -1.56. The fourth-order valence-corrected chi connectivity index (χ4v) is 2.55. The molecule has 0 saturated carbocycles. The average molecular weight is 284 g/mol. The Balaban J connectivity index is 2.75. The fourth-order valence-electron chi connectivity index (χ4n) is 1.48. The van der Waals surface area contributed by atoms with E-state index in [0.717, 1.165) is 6.42 Å². The molecule has 0 aliphatic heterocycles. The third-order valence-corrected chi connectivity index (χ3v) is 3.74. The van der Waals surface area contributed by atoms with Crippen molar-refractivity contribution in [3.8, 4) is 5.75 Å². The van der Waals surface area contributed by atoms with Crippen molar-refractivity contribution in [1.29, 1.82) is 0 Å². The van der Waals surface area contributed by atoms with Gasteiger partial charge in [0.25, 0.3) is 0 Å². The van der Waals surface area contributed by atoms with E-state index in [2.05, 4.69) is 5.32 Å². The lowest BCUT2D eigenvalue weighted by molar-refractivity contribution is -0.118. The van der Waals surface area contributed by atoms with Gasteiger partial charge in [0, 0.05) is 12.2 Å². The summed E-state index contributed by atoms with van der Waals surface area (Å²) in [5.74, 6) is 0.287. The zero-order valence-electron chi connectivity index (χ0n) is 11.3. The number of hydrogen-bond acceptors (Lipinski definition) is 4. The van der Waals surface area contributed by atoms with Gasteiger partial charge in [-0.1, -0.05) is 6.92 Å². The van der Waals surface area contributed by atoms with Crippen molar-refractivity contribution < 1.29 is 13.7 Å². The molecule has 1 aromatic rings. The average Bonchev–Trinajstić information content (AvgIpc) is 2.38. The van der Waals surface area contributed by atoms with Gasteiger partial charge in [0.05, 0.1) is 22.3 Å². The number of rotatable bonds is 7. The van der Waals surface area contributed by atoms with Gasteiger partial charge in [-0.3, -0.25) is 9.00 Å². The third-order valence-electron chi connectivity index (χ3n) is 2.38. The number of carbonyl (C=O) groups excluding carboxylic acids is 1. The molecule has 0 spiro atoms. The van der Waals surface area contributed by atoms with Crippen LogP contribution in [0.4, 0.5) is 5.69 Å². The quantitative estimate of drug-likeness (QED) is 0.740. The number of anilines is 1. The molecular formula is C13H20N2O3S. The number of hydrogen-bond donors (Lipinski definition) is 2. The number of ether oxygens (including phenoxy) is 1. The number of nitrogen functional groups attached to an aromatic ring is 1. The van der Waals surface area contributed by atoms with E-state index in [-0.39, 0.29) is 11.7 Å². The largest absolute Gasteiger partial charge is 0.494 e. The fraction of sp³-hybridized carbons (Fsp3) is 0.462. The number of carbonyl (C=O) groups is 1. The number of amides is 1. The maximum absolute atomic E-state index is 12.1. The van der Waals surface area contributed by atoms with Crippen LogP contribution in [0.3, 0.4) is 0 Å². The first-order valence-electron chi connectivity index (χ1n) is 6.25. The highest BCUT2D eigenvalue weighted by Crippen LogP contribution is 2.23. The molecule has 19 heavy (non-hydrogen) atoms. The van der Waals surface area contributed by atoms with Gasteiger partial charge >= 0.3 is 0 Å². The Labute approximate surface area is 116 Å². The zero-order valence-corrected chi connectivity index (χ0v) is 12.1. The number of benzene rings is 1. The molecule has 0 aromatic heterocycles. The van der Waals surface area contributed by atoms with E-state index in [9.17, 15) is 9.00 Å². The maximum atomic E-state index is 12.1. The van der Waals surface area contributed by atoms with Gasteiger partial charge in [-0.15, -0.1) is 0 Å². The van der Waals surface area contributed by atoms with Gasteiger partial charge < -0.3 is 15.8 Å². The SMILES string of the molecule is CCCNC(=O)CS(=O)c1cc(OCC)ccc1N. The summed E-state index contributed by atoms with van der Waals surface area (Å²) in [4.78, 5) is 12.0. The van der Waals surface area contributed by atoms with E-state index in [1.54, 1.807) is 18.2 Å². The summed E-state index contributed by atoms with van der Waals surface area (Å²) < 4.78 is 17.4. The normalized spacial score (nSPS) is 11.9. The molecule has 6 heteroatoms. The molecule has 0 fully saturated rings. The Kier molecular flexibility index (Phi) is 6.35. The van der Waals surface area contributed by atoms with Crippen LogP contribution >= 0.6 is 0 Å². The summed E-state index contributed by atoms with van der Waals surface area (Å²) in [7, 11) is -1.46. The second-order valence-electron chi connectivity index (χ2n) is 3.97. The van der Waals surface area contributed by atoms with Crippen molar-refractivity contribution in [3.05, 3.63) is 18.2 Å². The Morgan fingerprint density at radius 3 is 2.79 bits per heavy atom. The zero-order chi connectivity index (χ0) is 14.3. The van der Waals surface area contributed by atoms with Crippen LogP contribution in [0.15, 0.2) is 23.1 Å². The van der Waals surface area contributed by atoms with Crippen LogP contribution in [0.25, 0.3) is 0 Å². The molecule has 0 saturated heterocycles. The summed E-state index contributed by atoms with van der Waals surface area (Å²) >= 11 is 0. The lowest BCUT2D eigenvalue weighted by atomic mass is 10.3. The van der Waals surface area contributed by atoms with Crippen molar-refractivity contribution in [2.45, 2.75) is 25.2 Å². The molecule has 1 rings (SSSR count). The first kappa shape index (κ1) is 15.5. The van der Waals surface area contributed by atoms with Crippen molar-refractivity contribution in [2.24, 2.45) is 0 Å². The molecule has 106 valence electrons. The van der Waals surface area contributed by atoms with E-state index >= 15 is 0 Å². The van der Waals surface area contributed by atoms with Gasteiger partial charge in [0.1, 0.15) is 11.5 Å². The van der Waals surface area contributed by atoms with Crippen LogP contribution in [0.2, 0.25) is 0 Å². The molecule has 3 N–H and O–H groups in total. The van der Waals surface area contributed by atoms with E-state index in [1.807, 2.05) is 13.8 Å². The summed E-state index contributed by atoms with van der Waals surface area (Å²) in [6.07, 6.45) is 0.848. The topological polar surface area (TPSA) is 81.4 Å². The molecule has 1 amide bonds. The summed E-state index contributed by atoms with van der Waals surface area (Å²) in [6, 6.07) is 4.99.